The number of carbonyl (C=O) groups excluding carboxylic acids is 2. The average Bonchev–Trinajstić information content (AvgIpc) is 3.78. The molecular weight excluding hydrogens is 681 g/mol. The summed E-state index contributed by atoms with van der Waals surface area (Å²) in [6.45, 7) is -0.0717. The Labute approximate surface area is 259 Å². The van der Waals surface area contributed by atoms with Gasteiger partial charge in [0.1, 0.15) is 0 Å². The van der Waals surface area contributed by atoms with Gasteiger partial charge >= 0.3 is 24.2 Å². The van der Waals surface area contributed by atoms with E-state index in [1.54, 1.807) is 5.32 Å². The van der Waals surface area contributed by atoms with Gasteiger partial charge in [-0.2, -0.15) is 39.5 Å². The molecular formula is C29H21F11N2O4S. The molecule has 0 aliphatic heterocycles. The van der Waals surface area contributed by atoms with Crippen molar-refractivity contribution in [3.63, 3.8) is 0 Å². The molecule has 3 aromatic carbocycles. The van der Waals surface area contributed by atoms with E-state index in [0.717, 1.165) is 41.5 Å². The zero-order valence-corrected chi connectivity index (χ0v) is 24.4. The lowest BCUT2D eigenvalue weighted by Crippen LogP contribution is -2.50. The Morgan fingerprint density at radius 3 is 1.91 bits per heavy atom. The fourth-order valence-electron chi connectivity index (χ4n) is 4.53. The molecule has 47 heavy (non-hydrogen) atoms. The molecule has 2 amide bonds. The molecule has 0 radical (unpaired) electrons. The summed E-state index contributed by atoms with van der Waals surface area (Å²) in [6.07, 6.45) is -16.9. The first kappa shape index (κ1) is 35.6. The second kappa shape index (κ2) is 12.1. The highest BCUT2D eigenvalue weighted by atomic mass is 32.2. The molecule has 1 fully saturated rings. The van der Waals surface area contributed by atoms with Crippen LogP contribution < -0.4 is 10.2 Å². The number of carbonyl (C=O) groups is 2. The molecule has 0 bridgehead atoms. The van der Waals surface area contributed by atoms with Crippen molar-refractivity contribution >= 4 is 33.0 Å². The fourth-order valence-corrected chi connectivity index (χ4v) is 5.16. The van der Waals surface area contributed by atoms with Crippen LogP contribution in [0.15, 0.2) is 65.6 Å². The predicted molar refractivity (Wildman–Crippen MR) is 145 cm³/mol. The SMILES string of the molecule is CS(=O)(=O)c1ccc(C(=O)N(CC2CC2)c2cccc(C(=O)Nc3ccc(C(F)(C(F)(F)F)C(F)(F)F)cc3C(F)(F)F)c2F)cc1. The van der Waals surface area contributed by atoms with Gasteiger partial charge in [-0.15, -0.1) is 0 Å². The van der Waals surface area contributed by atoms with Gasteiger partial charge in [0.05, 0.1) is 27.4 Å². The van der Waals surface area contributed by atoms with E-state index >= 15 is 4.39 Å². The second-order valence-electron chi connectivity index (χ2n) is 10.7. The van der Waals surface area contributed by atoms with Crippen LogP contribution in [0.25, 0.3) is 0 Å². The van der Waals surface area contributed by atoms with Gasteiger partial charge in [0.25, 0.3) is 11.8 Å². The minimum absolute atomic E-state index is 0.0350. The lowest BCUT2D eigenvalue weighted by molar-refractivity contribution is -0.348. The van der Waals surface area contributed by atoms with Gasteiger partial charge in [-0.1, -0.05) is 12.1 Å². The van der Waals surface area contributed by atoms with Crippen molar-refractivity contribution in [2.75, 3.05) is 23.0 Å². The summed E-state index contributed by atoms with van der Waals surface area (Å²) >= 11 is 0. The Bertz CT molecular complexity index is 1780. The topological polar surface area (TPSA) is 83.6 Å². The molecule has 0 spiro atoms. The summed E-state index contributed by atoms with van der Waals surface area (Å²) in [5, 5.41) is 1.59. The monoisotopic (exact) mass is 702 g/mol. The van der Waals surface area contributed by atoms with E-state index in [-0.39, 0.29) is 35.1 Å². The van der Waals surface area contributed by atoms with Crippen LogP contribution in [0, 0.1) is 11.7 Å². The van der Waals surface area contributed by atoms with Crippen LogP contribution in [0.1, 0.15) is 44.7 Å². The van der Waals surface area contributed by atoms with E-state index < -0.39 is 85.8 Å². The number of anilines is 2. The molecule has 1 aliphatic rings. The maximum atomic E-state index is 15.8. The lowest BCUT2D eigenvalue weighted by atomic mass is 9.92. The Hall–Kier alpha value is -4.22. The summed E-state index contributed by atoms with van der Waals surface area (Å²) < 4.78 is 174. The molecule has 1 saturated carbocycles. The predicted octanol–water partition coefficient (Wildman–Crippen LogP) is 7.85. The zero-order chi connectivity index (χ0) is 35.3. The maximum Gasteiger partial charge on any atom is 0.435 e. The number of hydrogen-bond acceptors (Lipinski definition) is 4. The van der Waals surface area contributed by atoms with Crippen molar-refractivity contribution in [1.29, 1.82) is 0 Å². The number of benzene rings is 3. The zero-order valence-electron chi connectivity index (χ0n) is 23.6. The molecule has 1 N–H and O–H groups in total. The quantitative estimate of drug-likeness (QED) is 0.243. The third kappa shape index (κ3) is 7.21. The number of halogens is 11. The molecule has 0 atom stereocenters. The minimum Gasteiger partial charge on any atom is -0.321 e. The Kier molecular flexibility index (Phi) is 9.17. The highest BCUT2D eigenvalue weighted by Crippen LogP contribution is 2.54. The number of sulfone groups is 1. The average molecular weight is 703 g/mol. The molecule has 3 aromatic rings. The fraction of sp³-hybridized carbons (Fsp3) is 0.310. The summed E-state index contributed by atoms with van der Waals surface area (Å²) in [7, 11) is -3.63. The standard InChI is InChI=1S/C29H21F11N2O4S/c1-47(45,46)18-10-7-16(8-11-18)25(44)42(14-15-5-6-15)22-4-2-3-19(23(22)30)24(43)41-21-12-9-17(13-20(21)27(32,33)34)26(31,28(35,36)37)29(38,39)40/h2-4,7-13,15H,5-6,14H2,1H3,(H,41,43). The number of amides is 2. The van der Waals surface area contributed by atoms with E-state index in [1.165, 1.54) is 12.1 Å². The van der Waals surface area contributed by atoms with E-state index in [9.17, 15) is 61.9 Å². The van der Waals surface area contributed by atoms with Crippen LogP contribution in [0.3, 0.4) is 0 Å². The van der Waals surface area contributed by atoms with Crippen LogP contribution in [0.4, 0.5) is 59.7 Å². The molecule has 18 heteroatoms. The van der Waals surface area contributed by atoms with E-state index in [2.05, 4.69) is 0 Å². The molecule has 0 unspecified atom stereocenters. The smallest absolute Gasteiger partial charge is 0.321 e. The van der Waals surface area contributed by atoms with Gasteiger partial charge in [-0.3, -0.25) is 9.59 Å². The summed E-state index contributed by atoms with van der Waals surface area (Å²) in [5.41, 5.74) is -13.9. The Morgan fingerprint density at radius 1 is 0.851 bits per heavy atom. The Morgan fingerprint density at radius 2 is 1.43 bits per heavy atom. The molecule has 0 aromatic heterocycles. The van der Waals surface area contributed by atoms with Gasteiger partial charge < -0.3 is 10.2 Å². The normalized spacial score (nSPS) is 14.6. The van der Waals surface area contributed by atoms with Crippen molar-refractivity contribution in [3.8, 4) is 0 Å². The molecule has 1 aliphatic carbocycles. The highest BCUT2D eigenvalue weighted by Gasteiger charge is 2.73. The number of hydrogen-bond donors (Lipinski definition) is 1. The second-order valence-corrected chi connectivity index (χ2v) is 12.7. The number of alkyl halides is 10. The Balaban J connectivity index is 1.72. The van der Waals surface area contributed by atoms with E-state index in [0.29, 0.717) is 12.8 Å². The molecule has 0 saturated heterocycles. The molecule has 254 valence electrons. The first-order valence-corrected chi connectivity index (χ1v) is 15.1. The highest BCUT2D eigenvalue weighted by molar-refractivity contribution is 7.90. The van der Waals surface area contributed by atoms with Crippen molar-refractivity contribution in [2.24, 2.45) is 5.92 Å². The van der Waals surface area contributed by atoms with Gasteiger partial charge in [0, 0.05) is 23.9 Å². The van der Waals surface area contributed by atoms with Crippen LogP contribution >= 0.6 is 0 Å². The van der Waals surface area contributed by atoms with Crippen LogP contribution in [0.2, 0.25) is 0 Å². The molecule has 4 rings (SSSR count). The van der Waals surface area contributed by atoms with Gasteiger partial charge in [0.15, 0.2) is 15.7 Å². The molecule has 6 nitrogen and oxygen atoms in total. The van der Waals surface area contributed by atoms with Crippen LogP contribution in [0.5, 0.6) is 0 Å². The number of nitrogens with one attached hydrogen (secondary N) is 1. The maximum absolute atomic E-state index is 15.8. The van der Waals surface area contributed by atoms with Gasteiger partial charge in [-0.25, -0.2) is 17.2 Å². The summed E-state index contributed by atoms with van der Waals surface area (Å²) in [6, 6.07) is 6.49. The van der Waals surface area contributed by atoms with Crippen molar-refractivity contribution < 1.29 is 66.3 Å². The van der Waals surface area contributed by atoms with Crippen LogP contribution in [-0.4, -0.2) is 45.4 Å². The van der Waals surface area contributed by atoms with Gasteiger partial charge in [-0.05, 0) is 67.3 Å². The van der Waals surface area contributed by atoms with Crippen molar-refractivity contribution in [2.45, 2.75) is 41.9 Å². The summed E-state index contributed by atoms with van der Waals surface area (Å²) in [4.78, 5) is 27.2. The van der Waals surface area contributed by atoms with Crippen molar-refractivity contribution in [1.82, 2.24) is 0 Å². The van der Waals surface area contributed by atoms with Crippen LogP contribution in [-0.2, 0) is 21.7 Å². The third-order valence-corrected chi connectivity index (χ3v) is 8.31. The number of rotatable bonds is 8. The van der Waals surface area contributed by atoms with Gasteiger partial charge in [0.2, 0.25) is 0 Å². The third-order valence-electron chi connectivity index (χ3n) is 7.18. The first-order valence-electron chi connectivity index (χ1n) is 13.2. The summed E-state index contributed by atoms with van der Waals surface area (Å²) in [5.74, 6) is -3.98. The van der Waals surface area contributed by atoms with E-state index in [1.807, 2.05) is 0 Å². The lowest BCUT2D eigenvalue weighted by Gasteiger charge is -2.31. The minimum atomic E-state index is -6.72. The van der Waals surface area contributed by atoms with Crippen molar-refractivity contribution in [3.05, 3.63) is 88.7 Å². The largest absolute Gasteiger partial charge is 0.435 e. The number of nitrogens with zero attached hydrogens (tertiary/aromatic N) is 1. The molecule has 0 heterocycles. The first-order chi connectivity index (χ1) is 21.5. The van der Waals surface area contributed by atoms with E-state index in [4.69, 9.17) is 0 Å².